The topological polar surface area (TPSA) is 61.5 Å². The number of carbonyl (C=O) groups excluding carboxylic acids is 1. The Bertz CT molecular complexity index is 551. The molecular formula is C13H13F4NO3. The molecule has 1 saturated carbocycles. The molecule has 8 heteroatoms. The zero-order valence-electron chi connectivity index (χ0n) is 11.1. The third-order valence-corrected chi connectivity index (χ3v) is 3.40. The first-order chi connectivity index (χ1) is 9.81. The molecule has 21 heavy (non-hydrogen) atoms. The van der Waals surface area contributed by atoms with E-state index >= 15 is 0 Å². The molecule has 1 aromatic rings. The molecule has 116 valence electrons. The summed E-state index contributed by atoms with van der Waals surface area (Å²) < 4.78 is 62.3. The number of halogens is 4. The number of benzene rings is 1. The van der Waals surface area contributed by atoms with Crippen LogP contribution in [0.15, 0.2) is 6.07 Å². The van der Waals surface area contributed by atoms with E-state index in [4.69, 9.17) is 10.5 Å². The highest BCUT2D eigenvalue weighted by Crippen LogP contribution is 2.39. The van der Waals surface area contributed by atoms with Gasteiger partial charge in [0.25, 0.3) is 0 Å². The Hall–Kier alpha value is -1.83. The molecule has 0 aromatic heterocycles. The standard InChI is InChI=1S/C13H13F4NO3/c1-20-12(19)13(18,6-2-3-6)5-21-11-9(16)7(14)4-8(15)10(11)17/h4,6H,2-3,5,18H2,1H3. The lowest BCUT2D eigenvalue weighted by atomic mass is 9.96. The molecule has 1 aliphatic rings. The summed E-state index contributed by atoms with van der Waals surface area (Å²) in [7, 11) is 1.11. The number of hydrogen-bond donors (Lipinski definition) is 1. The van der Waals surface area contributed by atoms with Crippen LogP contribution >= 0.6 is 0 Å². The minimum absolute atomic E-state index is 0.0639. The van der Waals surface area contributed by atoms with Gasteiger partial charge in [-0.25, -0.2) is 13.6 Å². The van der Waals surface area contributed by atoms with Crippen LogP contribution in [0.1, 0.15) is 12.8 Å². The van der Waals surface area contributed by atoms with Crippen molar-refractivity contribution in [2.45, 2.75) is 18.4 Å². The maximum atomic E-state index is 13.5. The van der Waals surface area contributed by atoms with Crippen LogP contribution in [-0.4, -0.2) is 25.2 Å². The molecule has 0 amide bonds. The Morgan fingerprint density at radius 1 is 1.29 bits per heavy atom. The molecule has 2 rings (SSSR count). The molecule has 1 fully saturated rings. The first-order valence-corrected chi connectivity index (χ1v) is 6.14. The highest BCUT2D eigenvalue weighted by atomic mass is 19.2. The molecule has 2 N–H and O–H groups in total. The Morgan fingerprint density at radius 3 is 2.24 bits per heavy atom. The quantitative estimate of drug-likeness (QED) is 0.513. The monoisotopic (exact) mass is 307 g/mol. The van der Waals surface area contributed by atoms with Crippen molar-refractivity contribution in [1.29, 1.82) is 0 Å². The van der Waals surface area contributed by atoms with Crippen molar-refractivity contribution >= 4 is 5.97 Å². The number of carbonyl (C=O) groups is 1. The second-order valence-corrected chi connectivity index (χ2v) is 4.89. The lowest BCUT2D eigenvalue weighted by Gasteiger charge is -2.26. The molecule has 1 unspecified atom stereocenters. The fourth-order valence-corrected chi connectivity index (χ4v) is 2.00. The molecule has 0 spiro atoms. The lowest BCUT2D eigenvalue weighted by Crippen LogP contribution is -2.55. The van der Waals surface area contributed by atoms with Crippen molar-refractivity contribution in [3.05, 3.63) is 29.3 Å². The number of esters is 1. The summed E-state index contributed by atoms with van der Waals surface area (Å²) in [6, 6.07) is 0.0639. The van der Waals surface area contributed by atoms with Crippen LogP contribution in [0.4, 0.5) is 17.6 Å². The number of rotatable bonds is 5. The summed E-state index contributed by atoms with van der Waals surface area (Å²) >= 11 is 0. The molecule has 0 saturated heterocycles. The first-order valence-electron chi connectivity index (χ1n) is 6.14. The van der Waals surface area contributed by atoms with Crippen LogP contribution in [0.25, 0.3) is 0 Å². The molecule has 0 bridgehead atoms. The van der Waals surface area contributed by atoms with E-state index < -0.39 is 47.1 Å². The summed E-state index contributed by atoms with van der Waals surface area (Å²) in [5, 5.41) is 0. The average Bonchev–Trinajstić information content (AvgIpc) is 3.28. The van der Waals surface area contributed by atoms with E-state index in [0.29, 0.717) is 12.8 Å². The van der Waals surface area contributed by atoms with Crippen LogP contribution in [0.3, 0.4) is 0 Å². The fourth-order valence-electron chi connectivity index (χ4n) is 2.00. The fraction of sp³-hybridized carbons (Fsp3) is 0.462. The van der Waals surface area contributed by atoms with Gasteiger partial charge >= 0.3 is 5.97 Å². The lowest BCUT2D eigenvalue weighted by molar-refractivity contribution is -0.149. The van der Waals surface area contributed by atoms with Crippen molar-refractivity contribution in [2.75, 3.05) is 13.7 Å². The number of hydrogen-bond acceptors (Lipinski definition) is 4. The maximum Gasteiger partial charge on any atom is 0.329 e. The van der Waals surface area contributed by atoms with Crippen molar-refractivity contribution in [1.82, 2.24) is 0 Å². The smallest absolute Gasteiger partial charge is 0.329 e. The second kappa shape index (κ2) is 5.51. The summed E-state index contributed by atoms with van der Waals surface area (Å²) in [5.41, 5.74) is 4.23. The Morgan fingerprint density at radius 2 is 1.81 bits per heavy atom. The normalized spacial score (nSPS) is 17.2. The zero-order valence-corrected chi connectivity index (χ0v) is 11.1. The molecule has 0 radical (unpaired) electrons. The third kappa shape index (κ3) is 2.80. The summed E-state index contributed by atoms with van der Waals surface area (Å²) in [4.78, 5) is 11.7. The summed E-state index contributed by atoms with van der Waals surface area (Å²) in [6.45, 7) is -0.652. The van der Waals surface area contributed by atoms with Gasteiger partial charge in [0.05, 0.1) is 7.11 Å². The molecule has 4 nitrogen and oxygen atoms in total. The van der Waals surface area contributed by atoms with Gasteiger partial charge in [0.2, 0.25) is 11.6 Å². The van der Waals surface area contributed by atoms with Gasteiger partial charge in [-0.05, 0) is 18.8 Å². The largest absolute Gasteiger partial charge is 0.485 e. The Labute approximate surface area is 117 Å². The Balaban J connectivity index is 2.24. The van der Waals surface area contributed by atoms with Gasteiger partial charge < -0.3 is 15.2 Å². The van der Waals surface area contributed by atoms with E-state index in [-0.39, 0.29) is 12.0 Å². The van der Waals surface area contributed by atoms with E-state index in [1.807, 2.05) is 0 Å². The SMILES string of the molecule is COC(=O)C(N)(COc1c(F)c(F)cc(F)c1F)C1CC1. The number of ether oxygens (including phenoxy) is 2. The minimum atomic E-state index is -1.68. The average molecular weight is 307 g/mol. The van der Waals surface area contributed by atoms with Gasteiger partial charge in [-0.2, -0.15) is 8.78 Å². The first kappa shape index (κ1) is 15.6. The molecule has 1 aromatic carbocycles. The molecular weight excluding hydrogens is 294 g/mol. The van der Waals surface area contributed by atoms with Gasteiger partial charge in [-0.3, -0.25) is 0 Å². The van der Waals surface area contributed by atoms with Crippen LogP contribution < -0.4 is 10.5 Å². The minimum Gasteiger partial charge on any atom is -0.485 e. The van der Waals surface area contributed by atoms with Gasteiger partial charge in [-0.1, -0.05) is 0 Å². The van der Waals surface area contributed by atoms with Crippen molar-refractivity contribution in [3.8, 4) is 5.75 Å². The number of nitrogens with two attached hydrogens (primary N) is 1. The third-order valence-electron chi connectivity index (χ3n) is 3.40. The van der Waals surface area contributed by atoms with E-state index in [0.717, 1.165) is 7.11 Å². The zero-order chi connectivity index (χ0) is 15.8. The van der Waals surface area contributed by atoms with E-state index in [2.05, 4.69) is 4.74 Å². The van der Waals surface area contributed by atoms with Crippen molar-refractivity contribution < 1.29 is 31.8 Å². The molecule has 0 aliphatic heterocycles. The molecule has 1 atom stereocenters. The highest BCUT2D eigenvalue weighted by molar-refractivity contribution is 5.81. The number of methoxy groups -OCH3 is 1. The van der Waals surface area contributed by atoms with Crippen LogP contribution in [0.2, 0.25) is 0 Å². The van der Waals surface area contributed by atoms with Crippen molar-refractivity contribution in [2.24, 2.45) is 11.7 Å². The highest BCUT2D eigenvalue weighted by Gasteiger charge is 2.50. The van der Waals surface area contributed by atoms with E-state index in [9.17, 15) is 22.4 Å². The molecule has 0 heterocycles. The van der Waals surface area contributed by atoms with Gasteiger partial charge in [0, 0.05) is 6.07 Å². The van der Waals surface area contributed by atoms with Crippen LogP contribution in [0.5, 0.6) is 5.75 Å². The summed E-state index contributed by atoms with van der Waals surface area (Å²) in [5.74, 6) is -8.90. The summed E-state index contributed by atoms with van der Waals surface area (Å²) in [6.07, 6.45) is 1.24. The van der Waals surface area contributed by atoms with Gasteiger partial charge in [0.1, 0.15) is 6.61 Å². The van der Waals surface area contributed by atoms with Gasteiger partial charge in [0.15, 0.2) is 22.9 Å². The second-order valence-electron chi connectivity index (χ2n) is 4.89. The van der Waals surface area contributed by atoms with Crippen molar-refractivity contribution in [3.63, 3.8) is 0 Å². The van der Waals surface area contributed by atoms with Crippen LogP contribution in [-0.2, 0) is 9.53 Å². The predicted octanol–water partition coefficient (Wildman–Crippen LogP) is 1.90. The predicted molar refractivity (Wildman–Crippen MR) is 63.4 cm³/mol. The van der Waals surface area contributed by atoms with E-state index in [1.165, 1.54) is 0 Å². The van der Waals surface area contributed by atoms with Gasteiger partial charge in [-0.15, -0.1) is 0 Å². The van der Waals surface area contributed by atoms with E-state index in [1.54, 1.807) is 0 Å². The Kier molecular flexibility index (Phi) is 4.08. The molecule has 1 aliphatic carbocycles. The maximum absolute atomic E-state index is 13.5. The van der Waals surface area contributed by atoms with Crippen LogP contribution in [0, 0.1) is 29.2 Å².